The number of anilines is 1. The van der Waals surface area contributed by atoms with Crippen LogP contribution < -0.4 is 10.1 Å². The molecule has 2 rings (SSSR count). The number of halogens is 1. The third-order valence-electron chi connectivity index (χ3n) is 2.59. The first-order valence-electron chi connectivity index (χ1n) is 5.95. The van der Waals surface area contributed by atoms with E-state index in [0.29, 0.717) is 11.4 Å². The highest BCUT2D eigenvalue weighted by atomic mass is 79.9. The number of benzene rings is 1. The highest BCUT2D eigenvalue weighted by molar-refractivity contribution is 9.11. The Morgan fingerprint density at radius 2 is 2.05 bits per heavy atom. The molecule has 0 unspecified atom stereocenters. The predicted octanol–water partition coefficient (Wildman–Crippen LogP) is 4.06. The summed E-state index contributed by atoms with van der Waals surface area (Å²) in [5, 5.41) is 11.8. The average Bonchev–Trinajstić information content (AvgIpc) is 2.90. The van der Waals surface area contributed by atoms with Crippen molar-refractivity contribution in [3.05, 3.63) is 50.6 Å². The molecule has 0 saturated carbocycles. The fraction of sp³-hybridized carbons (Fsp3) is 0.0667. The minimum atomic E-state index is -0.438. The molecule has 0 bridgehead atoms. The van der Waals surface area contributed by atoms with Crippen molar-refractivity contribution in [3.8, 4) is 11.8 Å². The molecule has 4 nitrogen and oxygen atoms in total. The van der Waals surface area contributed by atoms with Gasteiger partial charge in [-0.05, 0) is 58.4 Å². The van der Waals surface area contributed by atoms with Crippen LogP contribution in [0.3, 0.4) is 0 Å². The molecule has 0 saturated heterocycles. The lowest BCUT2D eigenvalue weighted by molar-refractivity contribution is -0.112. The molecule has 1 amide bonds. The van der Waals surface area contributed by atoms with Gasteiger partial charge in [-0.3, -0.25) is 4.79 Å². The lowest BCUT2D eigenvalue weighted by Gasteiger charge is -2.05. The maximum Gasteiger partial charge on any atom is 0.266 e. The van der Waals surface area contributed by atoms with Crippen LogP contribution in [0.25, 0.3) is 6.08 Å². The lowest BCUT2D eigenvalue weighted by Crippen LogP contribution is -2.13. The summed E-state index contributed by atoms with van der Waals surface area (Å²) in [4.78, 5) is 12.9. The van der Waals surface area contributed by atoms with Crippen molar-refractivity contribution in [2.75, 3.05) is 12.4 Å². The van der Waals surface area contributed by atoms with Crippen LogP contribution in [-0.2, 0) is 4.79 Å². The SMILES string of the molecule is COc1ccc(NC(=O)/C(C#N)=C\c2ccc(Br)s2)cc1. The topological polar surface area (TPSA) is 62.1 Å². The fourth-order valence-electron chi connectivity index (χ4n) is 1.57. The monoisotopic (exact) mass is 362 g/mol. The van der Waals surface area contributed by atoms with Crippen molar-refractivity contribution in [1.82, 2.24) is 0 Å². The molecular formula is C15H11BrN2O2S. The number of ether oxygens (including phenoxy) is 1. The first-order valence-corrected chi connectivity index (χ1v) is 7.56. The van der Waals surface area contributed by atoms with Crippen molar-refractivity contribution >= 4 is 44.9 Å². The third kappa shape index (κ3) is 4.18. The van der Waals surface area contributed by atoms with Gasteiger partial charge in [0.1, 0.15) is 17.4 Å². The zero-order valence-corrected chi connectivity index (χ0v) is 13.5. The summed E-state index contributed by atoms with van der Waals surface area (Å²) in [6.45, 7) is 0. The molecule has 0 aliphatic heterocycles. The van der Waals surface area contributed by atoms with Crippen LogP contribution >= 0.6 is 27.3 Å². The zero-order chi connectivity index (χ0) is 15.2. The minimum Gasteiger partial charge on any atom is -0.497 e. The fourth-order valence-corrected chi connectivity index (χ4v) is 2.94. The van der Waals surface area contributed by atoms with Gasteiger partial charge in [0.05, 0.1) is 10.9 Å². The van der Waals surface area contributed by atoms with Crippen LogP contribution in [0.4, 0.5) is 5.69 Å². The third-order valence-corrected chi connectivity index (χ3v) is 4.16. The molecule has 0 fully saturated rings. The maximum absolute atomic E-state index is 12.1. The number of nitriles is 1. The number of rotatable bonds is 4. The summed E-state index contributed by atoms with van der Waals surface area (Å²) >= 11 is 4.80. The smallest absolute Gasteiger partial charge is 0.266 e. The Morgan fingerprint density at radius 1 is 1.33 bits per heavy atom. The molecule has 1 aromatic heterocycles. The van der Waals surface area contributed by atoms with Crippen molar-refractivity contribution < 1.29 is 9.53 Å². The van der Waals surface area contributed by atoms with Gasteiger partial charge in [-0.1, -0.05) is 0 Å². The number of nitrogens with one attached hydrogen (secondary N) is 1. The number of thiophene rings is 1. The molecule has 6 heteroatoms. The van der Waals surface area contributed by atoms with Crippen LogP contribution in [0.2, 0.25) is 0 Å². The molecule has 0 radical (unpaired) electrons. The van der Waals surface area contributed by atoms with Gasteiger partial charge in [-0.2, -0.15) is 5.26 Å². The van der Waals surface area contributed by atoms with Crippen LogP contribution in [0.1, 0.15) is 4.88 Å². The van der Waals surface area contributed by atoms with E-state index in [1.54, 1.807) is 37.5 Å². The van der Waals surface area contributed by atoms with E-state index in [1.165, 1.54) is 11.3 Å². The second-order valence-corrected chi connectivity index (χ2v) is 6.49. The maximum atomic E-state index is 12.1. The van der Waals surface area contributed by atoms with Gasteiger partial charge in [0, 0.05) is 10.6 Å². The van der Waals surface area contributed by atoms with E-state index >= 15 is 0 Å². The summed E-state index contributed by atoms with van der Waals surface area (Å²) in [6.07, 6.45) is 1.56. The number of hydrogen-bond donors (Lipinski definition) is 1. The molecule has 1 aromatic carbocycles. The summed E-state index contributed by atoms with van der Waals surface area (Å²) in [7, 11) is 1.57. The van der Waals surface area contributed by atoms with Crippen LogP contribution in [0.15, 0.2) is 45.8 Å². The standard InChI is InChI=1S/C15H11BrN2O2S/c1-20-12-4-2-11(3-5-12)18-15(19)10(9-17)8-13-6-7-14(16)21-13/h2-8H,1H3,(H,18,19)/b10-8-. The van der Waals surface area contributed by atoms with Crippen molar-refractivity contribution in [2.45, 2.75) is 0 Å². The Balaban J connectivity index is 2.13. The number of carbonyl (C=O) groups excluding carboxylic acids is 1. The Morgan fingerprint density at radius 3 is 2.57 bits per heavy atom. The summed E-state index contributed by atoms with van der Waals surface area (Å²) in [6, 6.07) is 12.5. The van der Waals surface area contributed by atoms with E-state index in [-0.39, 0.29) is 5.57 Å². The van der Waals surface area contributed by atoms with Crippen LogP contribution in [0, 0.1) is 11.3 Å². The van der Waals surface area contributed by atoms with E-state index in [2.05, 4.69) is 21.2 Å². The molecule has 21 heavy (non-hydrogen) atoms. The minimum absolute atomic E-state index is 0.0557. The largest absolute Gasteiger partial charge is 0.497 e. The number of amides is 1. The number of nitrogens with zero attached hydrogens (tertiary/aromatic N) is 1. The van der Waals surface area contributed by atoms with E-state index in [4.69, 9.17) is 10.00 Å². The van der Waals surface area contributed by atoms with E-state index in [1.807, 2.05) is 18.2 Å². The molecule has 0 aliphatic rings. The number of methoxy groups -OCH3 is 1. The summed E-state index contributed by atoms with van der Waals surface area (Å²) < 4.78 is 5.99. The summed E-state index contributed by atoms with van der Waals surface area (Å²) in [5.74, 6) is 0.264. The Kier molecular flexibility index (Phi) is 5.14. The molecule has 106 valence electrons. The van der Waals surface area contributed by atoms with Gasteiger partial charge < -0.3 is 10.1 Å². The number of carbonyl (C=O) groups is 1. The molecule has 0 atom stereocenters. The van der Waals surface area contributed by atoms with Gasteiger partial charge in [0.15, 0.2) is 0 Å². The molecule has 0 aliphatic carbocycles. The average molecular weight is 363 g/mol. The Hall–Kier alpha value is -2.10. The molecule has 1 N–H and O–H groups in total. The van der Waals surface area contributed by atoms with Gasteiger partial charge in [-0.15, -0.1) is 11.3 Å². The molecule has 0 spiro atoms. The van der Waals surface area contributed by atoms with Crippen molar-refractivity contribution in [3.63, 3.8) is 0 Å². The van der Waals surface area contributed by atoms with Gasteiger partial charge in [0.25, 0.3) is 5.91 Å². The Labute approximate surface area is 134 Å². The van der Waals surface area contributed by atoms with Crippen LogP contribution in [-0.4, -0.2) is 13.0 Å². The Bertz CT molecular complexity index is 714. The molecular weight excluding hydrogens is 352 g/mol. The lowest BCUT2D eigenvalue weighted by atomic mass is 10.2. The number of hydrogen-bond acceptors (Lipinski definition) is 4. The first-order chi connectivity index (χ1) is 10.1. The molecule has 2 aromatic rings. The van der Waals surface area contributed by atoms with Gasteiger partial charge in [0.2, 0.25) is 0 Å². The summed E-state index contributed by atoms with van der Waals surface area (Å²) in [5.41, 5.74) is 0.662. The van der Waals surface area contributed by atoms with E-state index in [9.17, 15) is 4.79 Å². The van der Waals surface area contributed by atoms with Crippen molar-refractivity contribution in [2.24, 2.45) is 0 Å². The second kappa shape index (κ2) is 7.07. The first kappa shape index (κ1) is 15.3. The highest BCUT2D eigenvalue weighted by Gasteiger charge is 2.10. The van der Waals surface area contributed by atoms with Crippen LogP contribution in [0.5, 0.6) is 5.75 Å². The zero-order valence-electron chi connectivity index (χ0n) is 11.1. The highest BCUT2D eigenvalue weighted by Crippen LogP contribution is 2.24. The van der Waals surface area contributed by atoms with Gasteiger partial charge in [-0.25, -0.2) is 0 Å². The second-order valence-electron chi connectivity index (χ2n) is 3.99. The normalized spacial score (nSPS) is 10.8. The quantitative estimate of drug-likeness (QED) is 0.658. The molecule has 1 heterocycles. The van der Waals surface area contributed by atoms with Gasteiger partial charge >= 0.3 is 0 Å². The van der Waals surface area contributed by atoms with E-state index in [0.717, 1.165) is 8.66 Å². The van der Waals surface area contributed by atoms with E-state index < -0.39 is 5.91 Å². The van der Waals surface area contributed by atoms with Crippen molar-refractivity contribution in [1.29, 1.82) is 5.26 Å². The predicted molar refractivity (Wildman–Crippen MR) is 87.2 cm³/mol.